The van der Waals surface area contributed by atoms with Gasteiger partial charge < -0.3 is 16.8 Å². The molecule has 0 aliphatic heterocycles. The lowest BCUT2D eigenvalue weighted by molar-refractivity contribution is -0.125. The van der Waals surface area contributed by atoms with Crippen LogP contribution in [0.2, 0.25) is 0 Å². The van der Waals surface area contributed by atoms with Crippen LogP contribution in [-0.4, -0.2) is 17.4 Å². The summed E-state index contributed by atoms with van der Waals surface area (Å²) in [4.78, 5) is 11.6. The third kappa shape index (κ3) is 3.43. The summed E-state index contributed by atoms with van der Waals surface area (Å²) < 4.78 is 0. The summed E-state index contributed by atoms with van der Waals surface area (Å²) in [5, 5.41) is 3.19. The van der Waals surface area contributed by atoms with Gasteiger partial charge in [0.25, 0.3) is 0 Å². The third-order valence-corrected chi connectivity index (χ3v) is 3.11. The van der Waals surface area contributed by atoms with Crippen LogP contribution in [-0.2, 0) is 4.79 Å². The Balaban J connectivity index is 2.79. The van der Waals surface area contributed by atoms with Crippen molar-refractivity contribution in [1.29, 1.82) is 0 Å². The Morgan fingerprint density at radius 1 is 1.39 bits per heavy atom. The van der Waals surface area contributed by atoms with Crippen LogP contribution in [0.25, 0.3) is 0 Å². The highest BCUT2D eigenvalue weighted by Crippen LogP contribution is 2.19. The molecule has 1 rings (SSSR count). The van der Waals surface area contributed by atoms with E-state index in [9.17, 15) is 4.79 Å². The second-order valence-corrected chi connectivity index (χ2v) is 5.44. The molecule has 0 heterocycles. The van der Waals surface area contributed by atoms with Crippen molar-refractivity contribution < 1.29 is 4.79 Å². The minimum absolute atomic E-state index is 0.327. The van der Waals surface area contributed by atoms with Gasteiger partial charge in [0.15, 0.2) is 0 Å². The normalized spacial score (nSPS) is 11.1. The molecule has 98 valence electrons. The van der Waals surface area contributed by atoms with E-state index in [1.165, 1.54) is 0 Å². The predicted molar refractivity (Wildman–Crippen MR) is 78.5 cm³/mol. The molecule has 0 fully saturated rings. The zero-order chi connectivity index (χ0) is 13.9. The Hall–Kier alpha value is -1.62. The molecule has 0 unspecified atom stereocenters. The fourth-order valence-corrected chi connectivity index (χ4v) is 1.69. The van der Waals surface area contributed by atoms with Gasteiger partial charge in [-0.15, -0.1) is 0 Å². The molecule has 1 aromatic rings. The van der Waals surface area contributed by atoms with E-state index >= 15 is 0 Å². The van der Waals surface area contributed by atoms with Crippen LogP contribution in [0.3, 0.4) is 0 Å². The molecule has 0 saturated heterocycles. The molecule has 0 aliphatic rings. The van der Waals surface area contributed by atoms with Crippen molar-refractivity contribution in [2.75, 3.05) is 11.9 Å². The van der Waals surface area contributed by atoms with Crippen LogP contribution >= 0.6 is 12.2 Å². The van der Waals surface area contributed by atoms with Crippen LogP contribution in [0.15, 0.2) is 18.2 Å². The van der Waals surface area contributed by atoms with E-state index in [0.29, 0.717) is 11.5 Å². The zero-order valence-electron chi connectivity index (χ0n) is 10.9. The molecule has 1 aromatic carbocycles. The quantitative estimate of drug-likeness (QED) is 0.706. The monoisotopic (exact) mass is 265 g/mol. The van der Waals surface area contributed by atoms with E-state index in [4.69, 9.17) is 23.7 Å². The highest BCUT2D eigenvalue weighted by Gasteiger charge is 2.24. The van der Waals surface area contributed by atoms with Gasteiger partial charge in [0.2, 0.25) is 5.91 Å². The van der Waals surface area contributed by atoms with Gasteiger partial charge in [-0.1, -0.05) is 12.2 Å². The molecule has 5 heteroatoms. The lowest BCUT2D eigenvalue weighted by atomic mass is 9.92. The van der Waals surface area contributed by atoms with E-state index in [1.54, 1.807) is 13.8 Å². The number of hydrogen-bond donors (Lipinski definition) is 3. The van der Waals surface area contributed by atoms with Crippen molar-refractivity contribution >= 4 is 28.8 Å². The van der Waals surface area contributed by atoms with Crippen LogP contribution < -0.4 is 16.8 Å². The predicted octanol–water partition coefficient (Wildman–Crippen LogP) is 1.55. The number of anilines is 1. The number of nitrogens with two attached hydrogens (primary N) is 2. The third-order valence-electron chi connectivity index (χ3n) is 2.89. The minimum atomic E-state index is -0.588. The molecule has 18 heavy (non-hydrogen) atoms. The van der Waals surface area contributed by atoms with Gasteiger partial charge in [-0.3, -0.25) is 4.79 Å². The number of thiocarbonyl (C=S) groups is 1. The summed E-state index contributed by atoms with van der Waals surface area (Å²) in [7, 11) is 0. The Morgan fingerprint density at radius 2 is 2.00 bits per heavy atom. The first-order chi connectivity index (χ1) is 8.24. The molecule has 4 nitrogen and oxygen atoms in total. The molecule has 0 aliphatic carbocycles. The zero-order valence-corrected chi connectivity index (χ0v) is 11.7. The number of primary amides is 1. The molecule has 0 aromatic heterocycles. The van der Waals surface area contributed by atoms with Gasteiger partial charge in [0, 0.05) is 17.8 Å². The van der Waals surface area contributed by atoms with Crippen molar-refractivity contribution in [2.24, 2.45) is 16.9 Å². The molecule has 0 atom stereocenters. The summed E-state index contributed by atoms with van der Waals surface area (Å²) in [6.45, 7) is 6.03. The first kappa shape index (κ1) is 14.4. The van der Waals surface area contributed by atoms with E-state index in [-0.39, 0.29) is 5.91 Å². The maximum Gasteiger partial charge on any atom is 0.224 e. The number of carbonyl (C=O) groups excluding carboxylic acids is 1. The van der Waals surface area contributed by atoms with Crippen LogP contribution in [0.4, 0.5) is 5.69 Å². The second-order valence-electron chi connectivity index (χ2n) is 5.00. The molecule has 0 spiro atoms. The molecular formula is C13H19N3OS. The lowest BCUT2D eigenvalue weighted by Gasteiger charge is -2.21. The topological polar surface area (TPSA) is 81.1 Å². The van der Waals surface area contributed by atoms with Crippen molar-refractivity contribution in [1.82, 2.24) is 0 Å². The van der Waals surface area contributed by atoms with Crippen molar-refractivity contribution in [3.8, 4) is 0 Å². The molecule has 1 amide bonds. The SMILES string of the molecule is Cc1cc(NCC(C)(C)C(N)=O)ccc1C(N)=S. The highest BCUT2D eigenvalue weighted by atomic mass is 32.1. The Bertz CT molecular complexity index is 483. The van der Waals surface area contributed by atoms with Gasteiger partial charge in [0.05, 0.1) is 5.41 Å². The standard InChI is InChI=1S/C13H19N3OS/c1-8-6-9(4-5-10(8)11(14)18)16-7-13(2,3)12(15)17/h4-6,16H,7H2,1-3H3,(H2,14,18)(H2,15,17). The molecular weight excluding hydrogens is 246 g/mol. The van der Waals surface area contributed by atoms with Crippen molar-refractivity contribution in [2.45, 2.75) is 20.8 Å². The lowest BCUT2D eigenvalue weighted by Crippen LogP contribution is -2.37. The van der Waals surface area contributed by atoms with E-state index in [2.05, 4.69) is 5.32 Å². The molecule has 0 saturated carbocycles. The molecule has 0 bridgehead atoms. The summed E-state index contributed by atoms with van der Waals surface area (Å²) in [5.41, 5.74) is 13.1. The van der Waals surface area contributed by atoms with E-state index < -0.39 is 5.41 Å². The summed E-state index contributed by atoms with van der Waals surface area (Å²) in [5.74, 6) is -0.327. The van der Waals surface area contributed by atoms with Crippen LogP contribution in [0.1, 0.15) is 25.0 Å². The van der Waals surface area contributed by atoms with Crippen molar-refractivity contribution in [3.05, 3.63) is 29.3 Å². The van der Waals surface area contributed by atoms with E-state index in [1.807, 2.05) is 25.1 Å². The number of amides is 1. The maximum absolute atomic E-state index is 11.2. The Morgan fingerprint density at radius 3 is 2.44 bits per heavy atom. The van der Waals surface area contributed by atoms with E-state index in [0.717, 1.165) is 16.8 Å². The number of rotatable bonds is 5. The summed E-state index contributed by atoms with van der Waals surface area (Å²) in [6, 6.07) is 5.71. The van der Waals surface area contributed by atoms with Gasteiger partial charge in [-0.25, -0.2) is 0 Å². The highest BCUT2D eigenvalue weighted by molar-refractivity contribution is 7.80. The molecule has 5 N–H and O–H groups in total. The fourth-order valence-electron chi connectivity index (χ4n) is 1.46. The average Bonchev–Trinajstić information content (AvgIpc) is 2.25. The van der Waals surface area contributed by atoms with Gasteiger partial charge in [-0.05, 0) is 44.5 Å². The first-order valence-electron chi connectivity index (χ1n) is 5.68. The van der Waals surface area contributed by atoms with Crippen LogP contribution in [0, 0.1) is 12.3 Å². The number of aryl methyl sites for hydroxylation is 1. The van der Waals surface area contributed by atoms with Crippen LogP contribution in [0.5, 0.6) is 0 Å². The summed E-state index contributed by atoms with van der Waals surface area (Å²) >= 11 is 4.95. The second kappa shape index (κ2) is 5.35. The first-order valence-corrected chi connectivity index (χ1v) is 6.09. The fraction of sp³-hybridized carbons (Fsp3) is 0.385. The van der Waals surface area contributed by atoms with Gasteiger partial charge in [0.1, 0.15) is 4.99 Å². The molecule has 0 radical (unpaired) electrons. The Labute approximate surface area is 113 Å². The summed E-state index contributed by atoms with van der Waals surface area (Å²) in [6.07, 6.45) is 0. The number of benzene rings is 1. The van der Waals surface area contributed by atoms with Gasteiger partial charge in [-0.2, -0.15) is 0 Å². The largest absolute Gasteiger partial charge is 0.389 e. The smallest absolute Gasteiger partial charge is 0.224 e. The number of carbonyl (C=O) groups is 1. The number of hydrogen-bond acceptors (Lipinski definition) is 3. The van der Waals surface area contributed by atoms with Gasteiger partial charge >= 0.3 is 0 Å². The Kier molecular flexibility index (Phi) is 4.29. The maximum atomic E-state index is 11.2. The average molecular weight is 265 g/mol. The number of nitrogens with one attached hydrogen (secondary N) is 1. The minimum Gasteiger partial charge on any atom is -0.389 e. The van der Waals surface area contributed by atoms with Crippen molar-refractivity contribution in [3.63, 3.8) is 0 Å².